The molecule has 5 aliphatic heterocycles. The van der Waals surface area contributed by atoms with E-state index in [0.717, 1.165) is 116 Å². The van der Waals surface area contributed by atoms with Gasteiger partial charge in [-0.15, -0.1) is 0 Å². The number of amides is 2. The number of aromatic hydroxyl groups is 1. The van der Waals surface area contributed by atoms with E-state index in [-0.39, 0.29) is 52.7 Å². The molecule has 18 heteroatoms. The van der Waals surface area contributed by atoms with Crippen LogP contribution in [0.25, 0.3) is 44.0 Å². The third-order valence-corrected chi connectivity index (χ3v) is 16.3. The minimum absolute atomic E-state index is 0.0241. The second-order valence-corrected chi connectivity index (χ2v) is 20.9. The zero-order chi connectivity index (χ0) is 48.6. The van der Waals surface area contributed by atoms with Crippen molar-refractivity contribution in [2.24, 2.45) is 11.3 Å². The monoisotopic (exact) mass is 971 g/mol. The third-order valence-electron chi connectivity index (χ3n) is 16.3. The summed E-state index contributed by atoms with van der Waals surface area (Å²) in [6.07, 6.45) is 9.51. The highest BCUT2D eigenvalue weighted by molar-refractivity contribution is 6.02. The molecule has 12 rings (SSSR count). The van der Waals surface area contributed by atoms with Crippen LogP contribution in [0, 0.1) is 23.0 Å². The van der Waals surface area contributed by atoms with E-state index in [1.54, 1.807) is 18.3 Å². The van der Waals surface area contributed by atoms with E-state index in [9.17, 15) is 19.5 Å². The van der Waals surface area contributed by atoms with Crippen LogP contribution in [-0.4, -0.2) is 131 Å². The fraction of sp³-hybridized carbons (Fsp3) is 0.509. The topological polar surface area (TPSA) is 172 Å². The molecule has 16 nitrogen and oxygen atoms in total. The van der Waals surface area contributed by atoms with Crippen LogP contribution in [0.3, 0.4) is 0 Å². The summed E-state index contributed by atoms with van der Waals surface area (Å²) in [5, 5.41) is 14.7. The number of piperidine rings is 3. The SMILES string of the molecule is CCc1c(F)ccc2cc(O)cc(-c3ncc4c(N5CCC[C@]6(CCO6)C5)nc(OCC5(CN6CCC(CN7CCN(c8ccc9c(c8)oc(=O)n9C8CCC(=O)NC8=O)CC7)CC6)CC5)nc4c3F)c12. The number of fused-ring (bicyclic) bond motifs is 3. The highest BCUT2D eigenvalue weighted by atomic mass is 19.1. The fourth-order valence-corrected chi connectivity index (χ4v) is 12.1. The Morgan fingerprint density at radius 1 is 0.901 bits per heavy atom. The molecule has 1 spiro atoms. The lowest BCUT2D eigenvalue weighted by atomic mass is 9.86. The summed E-state index contributed by atoms with van der Waals surface area (Å²) < 4.78 is 52.0. The number of anilines is 2. The van der Waals surface area contributed by atoms with E-state index in [1.165, 1.54) is 16.7 Å². The van der Waals surface area contributed by atoms with Crippen LogP contribution >= 0.6 is 0 Å². The second kappa shape index (κ2) is 18.1. The number of rotatable bonds is 12. The number of likely N-dealkylation sites (tertiary alicyclic amines) is 1. The van der Waals surface area contributed by atoms with Gasteiger partial charge in [-0.25, -0.2) is 13.6 Å². The molecule has 1 aliphatic carbocycles. The average Bonchev–Trinajstić information content (AvgIpc) is 4.05. The predicted octanol–water partition coefficient (Wildman–Crippen LogP) is 6.73. The predicted molar refractivity (Wildman–Crippen MR) is 263 cm³/mol. The number of hydrogen-bond acceptors (Lipinski definition) is 14. The fourth-order valence-electron chi connectivity index (χ4n) is 12.1. The highest BCUT2D eigenvalue weighted by Gasteiger charge is 2.46. The maximum Gasteiger partial charge on any atom is 0.420 e. The number of piperazine rings is 1. The van der Waals surface area contributed by atoms with Gasteiger partial charge in [-0.1, -0.05) is 13.0 Å². The number of nitrogens with one attached hydrogen (secondary N) is 1. The van der Waals surface area contributed by atoms with E-state index in [2.05, 4.69) is 29.9 Å². The van der Waals surface area contributed by atoms with Crippen molar-refractivity contribution in [3.05, 3.63) is 76.4 Å². The quantitative estimate of drug-likeness (QED) is 0.124. The minimum Gasteiger partial charge on any atom is -0.508 e. The Bertz CT molecular complexity index is 3140. The zero-order valence-electron chi connectivity index (χ0n) is 40.1. The van der Waals surface area contributed by atoms with Gasteiger partial charge in [0.15, 0.2) is 11.4 Å². The highest BCUT2D eigenvalue weighted by Crippen LogP contribution is 2.48. The Labute approximate surface area is 408 Å². The van der Waals surface area contributed by atoms with Crippen LogP contribution < -0.4 is 25.6 Å². The van der Waals surface area contributed by atoms with Crippen LogP contribution in [-0.2, 0) is 20.7 Å². The number of carbonyl (C=O) groups excluding carboxylic acids is 2. The van der Waals surface area contributed by atoms with Crippen molar-refractivity contribution in [1.82, 2.24) is 34.6 Å². The van der Waals surface area contributed by atoms with Crippen LogP contribution in [0.4, 0.5) is 20.3 Å². The number of aryl methyl sites for hydroxylation is 1. The van der Waals surface area contributed by atoms with Crippen molar-refractivity contribution in [1.29, 1.82) is 0 Å². The van der Waals surface area contributed by atoms with Gasteiger partial charge in [0.25, 0.3) is 0 Å². The number of oxazole rings is 1. The molecule has 3 aromatic carbocycles. The molecule has 5 saturated heterocycles. The molecule has 1 unspecified atom stereocenters. The van der Waals surface area contributed by atoms with E-state index < -0.39 is 29.3 Å². The summed E-state index contributed by atoms with van der Waals surface area (Å²) in [6.45, 7) is 11.9. The Kier molecular flexibility index (Phi) is 11.7. The number of hydrogen-bond donors (Lipinski definition) is 2. The average molecular weight is 972 g/mol. The van der Waals surface area contributed by atoms with E-state index in [1.807, 2.05) is 25.1 Å². The molecule has 1 saturated carbocycles. The molecule has 8 heterocycles. The number of benzene rings is 3. The molecule has 6 aliphatic rings. The Balaban J connectivity index is 0.696. The maximum atomic E-state index is 17.2. The Hall–Kier alpha value is -6.24. The van der Waals surface area contributed by atoms with Gasteiger partial charge in [-0.2, -0.15) is 9.97 Å². The lowest BCUT2D eigenvalue weighted by Gasteiger charge is -2.48. The second-order valence-electron chi connectivity index (χ2n) is 20.9. The van der Waals surface area contributed by atoms with E-state index in [4.69, 9.17) is 23.9 Å². The summed E-state index contributed by atoms with van der Waals surface area (Å²) in [7, 11) is 0. The molecule has 0 radical (unpaired) electrons. The van der Waals surface area contributed by atoms with Gasteiger partial charge in [0.05, 0.1) is 29.7 Å². The largest absolute Gasteiger partial charge is 0.508 e. The number of phenolic OH excluding ortho intramolecular Hbond substituents is 1. The maximum absolute atomic E-state index is 17.2. The van der Waals surface area contributed by atoms with Crippen LogP contribution in [0.2, 0.25) is 0 Å². The number of pyridine rings is 1. The van der Waals surface area contributed by atoms with Crippen molar-refractivity contribution in [2.75, 3.05) is 88.5 Å². The first kappa shape index (κ1) is 45.9. The van der Waals surface area contributed by atoms with E-state index in [0.29, 0.717) is 69.7 Å². The molecular formula is C53H59F2N9O7. The molecule has 2 amide bonds. The summed E-state index contributed by atoms with van der Waals surface area (Å²) >= 11 is 0. The van der Waals surface area contributed by atoms with Gasteiger partial charge in [-0.3, -0.25) is 29.4 Å². The molecule has 2 atom stereocenters. The van der Waals surface area contributed by atoms with Crippen LogP contribution in [0.15, 0.2) is 57.9 Å². The lowest BCUT2D eigenvalue weighted by Crippen LogP contribution is -2.56. The van der Waals surface area contributed by atoms with Gasteiger partial charge < -0.3 is 33.7 Å². The van der Waals surface area contributed by atoms with Gasteiger partial charge >= 0.3 is 11.8 Å². The number of nitrogens with zero attached hydrogens (tertiary/aromatic N) is 8. The van der Waals surface area contributed by atoms with Crippen molar-refractivity contribution < 1.29 is 37.4 Å². The molecule has 6 fully saturated rings. The summed E-state index contributed by atoms with van der Waals surface area (Å²) in [6, 6.07) is 11.0. The van der Waals surface area contributed by atoms with Crippen molar-refractivity contribution in [2.45, 2.75) is 82.8 Å². The molecule has 2 N–H and O–H groups in total. The van der Waals surface area contributed by atoms with Gasteiger partial charge in [0.2, 0.25) is 11.8 Å². The molecule has 6 aromatic rings. The summed E-state index contributed by atoms with van der Waals surface area (Å²) in [5.74, 6) is -1.40. The number of phenols is 1. The van der Waals surface area contributed by atoms with Crippen molar-refractivity contribution in [3.8, 4) is 23.0 Å². The smallest absolute Gasteiger partial charge is 0.420 e. The molecule has 372 valence electrons. The molecule has 3 aromatic heterocycles. The van der Waals surface area contributed by atoms with Gasteiger partial charge in [-0.05, 0) is 117 Å². The number of aromatic nitrogens is 4. The van der Waals surface area contributed by atoms with Gasteiger partial charge in [0.1, 0.15) is 34.6 Å². The number of ether oxygens (including phenoxy) is 2. The molecular weight excluding hydrogens is 913 g/mol. The number of halogens is 2. The summed E-state index contributed by atoms with van der Waals surface area (Å²) in [5.41, 5.74) is 2.43. The van der Waals surface area contributed by atoms with Crippen LogP contribution in [0.1, 0.15) is 76.3 Å². The van der Waals surface area contributed by atoms with Crippen molar-refractivity contribution >= 4 is 56.1 Å². The third kappa shape index (κ3) is 8.64. The first-order valence-corrected chi connectivity index (χ1v) is 25.5. The van der Waals surface area contributed by atoms with Crippen LogP contribution in [0.5, 0.6) is 11.8 Å². The summed E-state index contributed by atoms with van der Waals surface area (Å²) in [4.78, 5) is 61.0. The number of imide groups is 1. The Morgan fingerprint density at radius 2 is 1.72 bits per heavy atom. The Morgan fingerprint density at radius 3 is 2.46 bits per heavy atom. The minimum atomic E-state index is -0.772. The molecule has 0 bridgehead atoms. The molecule has 71 heavy (non-hydrogen) atoms. The standard InChI is InChI=1S/C53H59F2N9O7/c1-2-36-39(54)6-4-33-24-35(65)26-37(44(33)36)46-45(55)47-38(27-56-46)48(63-16-3-12-53(30-63)15-23-70-53)59-50(58-47)69-31-52(13-14-52)29-61-17-10-32(11-18-61)28-60-19-21-62(22-20-60)34-5-7-40-42(25-34)71-51(68)64(40)41-8-9-43(66)57-49(41)67/h4-7,24-27,32,41,65H,2-3,8-23,28-31H2,1H3,(H,57,66,67)/t41?,53-/m0/s1. The number of carbonyl (C=O) groups is 2. The normalized spacial score (nSPS) is 23.2. The van der Waals surface area contributed by atoms with Crippen molar-refractivity contribution in [3.63, 3.8) is 0 Å². The first-order valence-electron chi connectivity index (χ1n) is 25.5. The lowest BCUT2D eigenvalue weighted by molar-refractivity contribution is -0.151. The first-order chi connectivity index (χ1) is 34.4. The van der Waals surface area contributed by atoms with Gasteiger partial charge in [0, 0.05) is 94.1 Å². The van der Waals surface area contributed by atoms with E-state index >= 15 is 8.78 Å². The zero-order valence-corrected chi connectivity index (χ0v) is 40.1.